The van der Waals surface area contributed by atoms with Crippen molar-refractivity contribution in [3.8, 4) is 0 Å². The van der Waals surface area contributed by atoms with E-state index < -0.39 is 5.60 Å². The van der Waals surface area contributed by atoms with Crippen LogP contribution in [0.15, 0.2) is 24.3 Å². The quantitative estimate of drug-likeness (QED) is 0.777. The van der Waals surface area contributed by atoms with Gasteiger partial charge in [0, 0.05) is 6.42 Å². The largest absolute Gasteiger partial charge is 0.393 e. The first-order chi connectivity index (χ1) is 10.5. The van der Waals surface area contributed by atoms with Crippen LogP contribution in [-0.2, 0) is 4.79 Å². The molecule has 0 saturated heterocycles. The van der Waals surface area contributed by atoms with Gasteiger partial charge in [-0.1, -0.05) is 32.4 Å². The predicted octanol–water partition coefficient (Wildman–Crippen LogP) is 3.65. The van der Waals surface area contributed by atoms with Crippen LogP contribution in [0.2, 0.25) is 0 Å². The van der Waals surface area contributed by atoms with E-state index in [2.05, 4.69) is 27.4 Å². The molecule has 0 amide bonds. The molecule has 3 nitrogen and oxygen atoms in total. The van der Waals surface area contributed by atoms with Crippen LogP contribution in [-0.4, -0.2) is 27.7 Å². The van der Waals surface area contributed by atoms with Gasteiger partial charge in [-0.2, -0.15) is 0 Å². The summed E-state index contributed by atoms with van der Waals surface area (Å²) in [6.07, 6.45) is 5.57. The molecule has 1 saturated carbocycles. The number of allylic oxidation sites excluding steroid dienone is 2. The lowest BCUT2D eigenvalue weighted by Crippen LogP contribution is -2.56. The first-order valence-corrected chi connectivity index (χ1v) is 8.72. The van der Waals surface area contributed by atoms with Crippen molar-refractivity contribution >= 4 is 5.78 Å². The fourth-order valence-corrected chi connectivity index (χ4v) is 4.83. The van der Waals surface area contributed by atoms with Crippen LogP contribution < -0.4 is 0 Å². The van der Waals surface area contributed by atoms with E-state index in [0.717, 1.165) is 12.0 Å². The first kappa shape index (κ1) is 18.4. The van der Waals surface area contributed by atoms with Crippen LogP contribution in [0, 0.1) is 22.7 Å². The van der Waals surface area contributed by atoms with E-state index in [4.69, 9.17) is 0 Å². The van der Waals surface area contributed by atoms with E-state index >= 15 is 0 Å². The fraction of sp³-hybridized carbons (Fsp3) is 0.750. The number of fused-ring (bicyclic) bond motifs is 1. The second-order valence-corrected chi connectivity index (χ2v) is 8.60. The van der Waals surface area contributed by atoms with E-state index in [1.54, 1.807) is 19.1 Å². The smallest absolute Gasteiger partial charge is 0.155 e. The molecule has 3 heteroatoms. The summed E-state index contributed by atoms with van der Waals surface area (Å²) in [6.45, 7) is 14.0. The molecule has 2 rings (SSSR count). The Bertz CT molecular complexity index is 533. The predicted molar refractivity (Wildman–Crippen MR) is 92.9 cm³/mol. The molecule has 2 N–H and O–H groups in total. The van der Waals surface area contributed by atoms with Gasteiger partial charge < -0.3 is 10.2 Å². The van der Waals surface area contributed by atoms with Gasteiger partial charge in [0.2, 0.25) is 0 Å². The zero-order valence-corrected chi connectivity index (χ0v) is 15.2. The molecule has 0 aromatic rings. The highest BCUT2D eigenvalue weighted by Crippen LogP contribution is 2.61. The van der Waals surface area contributed by atoms with Crippen LogP contribution >= 0.6 is 0 Å². The minimum absolute atomic E-state index is 0.0971. The summed E-state index contributed by atoms with van der Waals surface area (Å²) in [4.78, 5) is 12.2. The number of ketones is 1. The Morgan fingerprint density at radius 3 is 2.65 bits per heavy atom. The zero-order chi connectivity index (χ0) is 17.6. The minimum Gasteiger partial charge on any atom is -0.393 e. The average molecular weight is 320 g/mol. The van der Waals surface area contributed by atoms with Gasteiger partial charge in [-0.25, -0.2) is 0 Å². The van der Waals surface area contributed by atoms with Gasteiger partial charge in [0.1, 0.15) is 0 Å². The number of hydrogen-bond donors (Lipinski definition) is 2. The summed E-state index contributed by atoms with van der Waals surface area (Å²) < 4.78 is 0. The molecule has 0 aliphatic heterocycles. The number of aliphatic hydroxyl groups excluding tert-OH is 1. The monoisotopic (exact) mass is 320 g/mol. The summed E-state index contributed by atoms with van der Waals surface area (Å²) in [5.74, 6) is 0.488. The van der Waals surface area contributed by atoms with Crippen molar-refractivity contribution in [3.63, 3.8) is 0 Å². The van der Waals surface area contributed by atoms with E-state index in [9.17, 15) is 15.0 Å². The summed E-state index contributed by atoms with van der Waals surface area (Å²) in [7, 11) is 0. The Hall–Kier alpha value is -0.930. The van der Waals surface area contributed by atoms with Crippen LogP contribution in [0.4, 0.5) is 0 Å². The maximum atomic E-state index is 12.2. The summed E-state index contributed by atoms with van der Waals surface area (Å²) in [5, 5.41) is 21.0. The summed E-state index contributed by atoms with van der Waals surface area (Å²) in [5.41, 5.74) is -0.156. The number of aliphatic hydroxyl groups is 2. The standard InChI is InChI=1S/C20H32O3/c1-7-18(4,23)8-9-19(5)14(3)16(22)12-20(6)13(2)10-15(21)11-17(19)20/h7,10,14,16-17,22-23H,1,8-9,11-12H2,2-6H3/t14-,16+,17-,18-,19-,20+/m1/s1. The van der Waals surface area contributed by atoms with E-state index in [1.165, 1.54) is 0 Å². The lowest BCUT2D eigenvalue weighted by atomic mass is 9.46. The molecule has 6 atom stereocenters. The van der Waals surface area contributed by atoms with Crippen molar-refractivity contribution in [1.29, 1.82) is 0 Å². The van der Waals surface area contributed by atoms with E-state index in [-0.39, 0.29) is 34.6 Å². The van der Waals surface area contributed by atoms with Crippen molar-refractivity contribution in [3.05, 3.63) is 24.3 Å². The lowest BCUT2D eigenvalue weighted by Gasteiger charge is -2.59. The van der Waals surface area contributed by atoms with Crippen LogP contribution in [0.3, 0.4) is 0 Å². The molecule has 0 bridgehead atoms. The van der Waals surface area contributed by atoms with Crippen LogP contribution in [0.25, 0.3) is 0 Å². The number of carbonyl (C=O) groups is 1. The van der Waals surface area contributed by atoms with Crippen LogP contribution in [0.1, 0.15) is 60.3 Å². The average Bonchev–Trinajstić information content (AvgIpc) is 2.47. The van der Waals surface area contributed by atoms with Crippen molar-refractivity contribution in [2.24, 2.45) is 22.7 Å². The highest BCUT2D eigenvalue weighted by molar-refractivity contribution is 5.92. The second kappa shape index (κ2) is 5.86. The Morgan fingerprint density at radius 2 is 2.09 bits per heavy atom. The van der Waals surface area contributed by atoms with Gasteiger partial charge >= 0.3 is 0 Å². The first-order valence-electron chi connectivity index (χ1n) is 8.72. The van der Waals surface area contributed by atoms with Crippen molar-refractivity contribution < 1.29 is 15.0 Å². The molecule has 130 valence electrons. The second-order valence-electron chi connectivity index (χ2n) is 8.60. The third kappa shape index (κ3) is 3.06. The maximum absolute atomic E-state index is 12.2. The Kier molecular flexibility index (Phi) is 4.69. The molecule has 2 aliphatic carbocycles. The van der Waals surface area contributed by atoms with Gasteiger partial charge in [0.15, 0.2) is 5.78 Å². The third-order valence-electron chi connectivity index (χ3n) is 7.11. The normalized spacial score (nSPS) is 43.3. The molecule has 0 aromatic carbocycles. The fourth-order valence-electron chi connectivity index (χ4n) is 4.83. The van der Waals surface area contributed by atoms with Gasteiger partial charge in [-0.05, 0) is 61.9 Å². The molecule has 23 heavy (non-hydrogen) atoms. The Balaban J connectivity index is 2.40. The number of hydrogen-bond acceptors (Lipinski definition) is 3. The van der Waals surface area contributed by atoms with Gasteiger partial charge in [-0.3, -0.25) is 4.79 Å². The minimum atomic E-state index is -0.912. The Morgan fingerprint density at radius 1 is 1.48 bits per heavy atom. The molecule has 0 radical (unpaired) electrons. The molecule has 0 heterocycles. The Labute approximate surface area is 140 Å². The number of rotatable bonds is 4. The SMILES string of the molecule is C=C[C@@](C)(O)CC[C@]1(C)[C@H](C)[C@@H](O)C[C@@]2(C)C(C)=CC(=O)C[C@H]12. The molecule has 0 spiro atoms. The molecule has 0 aromatic heterocycles. The molecular formula is C20H32O3. The van der Waals surface area contributed by atoms with Crippen molar-refractivity contribution in [2.45, 2.75) is 72.0 Å². The molecule has 2 aliphatic rings. The third-order valence-corrected chi connectivity index (χ3v) is 7.11. The van der Waals surface area contributed by atoms with Crippen LogP contribution in [0.5, 0.6) is 0 Å². The van der Waals surface area contributed by atoms with Gasteiger partial charge in [0.25, 0.3) is 0 Å². The zero-order valence-electron chi connectivity index (χ0n) is 15.2. The van der Waals surface area contributed by atoms with E-state index in [1.807, 2.05) is 6.92 Å². The van der Waals surface area contributed by atoms with Gasteiger partial charge in [0.05, 0.1) is 11.7 Å². The van der Waals surface area contributed by atoms with Crippen molar-refractivity contribution in [1.82, 2.24) is 0 Å². The lowest BCUT2D eigenvalue weighted by molar-refractivity contribution is -0.138. The van der Waals surface area contributed by atoms with Crippen molar-refractivity contribution in [2.75, 3.05) is 0 Å². The molecule has 0 unspecified atom stereocenters. The highest BCUT2D eigenvalue weighted by atomic mass is 16.3. The number of carbonyl (C=O) groups excluding carboxylic acids is 1. The topological polar surface area (TPSA) is 57.5 Å². The molecular weight excluding hydrogens is 288 g/mol. The van der Waals surface area contributed by atoms with E-state index in [0.29, 0.717) is 19.3 Å². The molecule has 1 fully saturated rings. The van der Waals surface area contributed by atoms with Gasteiger partial charge in [-0.15, -0.1) is 6.58 Å². The summed E-state index contributed by atoms with van der Waals surface area (Å²) >= 11 is 0. The summed E-state index contributed by atoms with van der Waals surface area (Å²) in [6, 6.07) is 0. The highest BCUT2D eigenvalue weighted by Gasteiger charge is 2.57. The maximum Gasteiger partial charge on any atom is 0.155 e.